The van der Waals surface area contributed by atoms with Crippen molar-refractivity contribution in [1.29, 1.82) is 0 Å². The Morgan fingerprint density at radius 3 is 2.69 bits per heavy atom. The number of rotatable bonds is 4. The van der Waals surface area contributed by atoms with Crippen LogP contribution < -0.4 is 5.32 Å². The van der Waals surface area contributed by atoms with Gasteiger partial charge in [0.25, 0.3) is 0 Å². The van der Waals surface area contributed by atoms with Crippen LogP contribution in [0.4, 0.5) is 10.6 Å². The Morgan fingerprint density at radius 1 is 1.17 bits per heavy atom. The lowest BCUT2D eigenvalue weighted by molar-refractivity contribution is 0.0197. The van der Waals surface area contributed by atoms with Crippen molar-refractivity contribution in [3.63, 3.8) is 0 Å². The molecule has 0 spiro atoms. The summed E-state index contributed by atoms with van der Waals surface area (Å²) in [7, 11) is 0. The zero-order chi connectivity index (χ0) is 24.6. The van der Waals surface area contributed by atoms with E-state index in [1.54, 1.807) is 6.20 Å². The van der Waals surface area contributed by atoms with Gasteiger partial charge < -0.3 is 15.0 Å². The van der Waals surface area contributed by atoms with Crippen LogP contribution in [0.3, 0.4) is 0 Å². The second-order valence-corrected chi connectivity index (χ2v) is 11.5. The maximum absolute atomic E-state index is 12.8. The first-order valence-electron chi connectivity index (χ1n) is 12.6. The minimum Gasteiger partial charge on any atom is -0.444 e. The van der Waals surface area contributed by atoms with Crippen molar-refractivity contribution < 1.29 is 9.53 Å². The number of ether oxygens (including phenoxy) is 1. The van der Waals surface area contributed by atoms with Gasteiger partial charge >= 0.3 is 6.09 Å². The standard InChI is InChI=1S/C25H34BrN7O2/c1-25(2,3)35-24(34)32-11-7-8-16(15-32)21-20(26)23(30-18-9-5-4-6-10-18)33-22(31-21)19(14-29-33)17-12-27-28-13-17/h12-14,16,18,30H,4-11,15H2,1-3H3,(H,27,28). The summed E-state index contributed by atoms with van der Waals surface area (Å²) in [5.41, 5.74) is 3.10. The summed E-state index contributed by atoms with van der Waals surface area (Å²) >= 11 is 3.89. The molecule has 1 aliphatic heterocycles. The smallest absolute Gasteiger partial charge is 0.410 e. The van der Waals surface area contributed by atoms with Gasteiger partial charge in [-0.2, -0.15) is 14.7 Å². The summed E-state index contributed by atoms with van der Waals surface area (Å²) in [6.07, 6.45) is 13.2. The molecular formula is C25H34BrN7O2. The first-order valence-corrected chi connectivity index (χ1v) is 13.4. The number of hydrogen-bond donors (Lipinski definition) is 2. The molecule has 1 unspecified atom stereocenters. The number of nitrogens with zero attached hydrogens (tertiary/aromatic N) is 5. The fourth-order valence-corrected chi connectivity index (χ4v) is 5.82. The summed E-state index contributed by atoms with van der Waals surface area (Å²) in [6, 6.07) is 0.407. The van der Waals surface area contributed by atoms with Crippen LogP contribution in [-0.4, -0.2) is 60.5 Å². The molecule has 1 atom stereocenters. The fourth-order valence-electron chi connectivity index (χ4n) is 5.12. The number of aromatic nitrogens is 5. The Kier molecular flexibility index (Phi) is 6.74. The van der Waals surface area contributed by atoms with Gasteiger partial charge in [0, 0.05) is 42.4 Å². The van der Waals surface area contributed by atoms with Gasteiger partial charge in [-0.05, 0) is 62.4 Å². The van der Waals surface area contributed by atoms with Gasteiger partial charge in [0.2, 0.25) is 0 Å². The monoisotopic (exact) mass is 543 g/mol. The highest BCUT2D eigenvalue weighted by Crippen LogP contribution is 2.38. The Bertz CT molecular complexity index is 1180. The SMILES string of the molecule is CC(C)(C)OC(=O)N1CCCC(c2nc3c(-c4cn[nH]c4)cnn3c(NC3CCCCC3)c2Br)C1. The molecule has 2 aliphatic rings. The van der Waals surface area contributed by atoms with E-state index in [2.05, 4.69) is 31.4 Å². The number of aromatic amines is 1. The lowest BCUT2D eigenvalue weighted by atomic mass is 9.94. The van der Waals surface area contributed by atoms with Crippen LogP contribution in [0.1, 0.15) is 77.3 Å². The summed E-state index contributed by atoms with van der Waals surface area (Å²) in [6.45, 7) is 6.98. The van der Waals surface area contributed by atoms with Crippen LogP contribution in [0, 0.1) is 0 Å². The molecule has 4 heterocycles. The largest absolute Gasteiger partial charge is 0.444 e. The van der Waals surface area contributed by atoms with Crippen LogP contribution in [0.5, 0.6) is 0 Å². The van der Waals surface area contributed by atoms with Crippen LogP contribution in [0.15, 0.2) is 23.1 Å². The first-order chi connectivity index (χ1) is 16.8. The number of likely N-dealkylation sites (tertiary alicyclic amines) is 1. The molecule has 2 N–H and O–H groups in total. The minimum absolute atomic E-state index is 0.0923. The van der Waals surface area contributed by atoms with Crippen molar-refractivity contribution in [2.75, 3.05) is 18.4 Å². The molecule has 1 amide bonds. The highest BCUT2D eigenvalue weighted by atomic mass is 79.9. The topological polar surface area (TPSA) is 100 Å². The maximum Gasteiger partial charge on any atom is 0.410 e. The summed E-state index contributed by atoms with van der Waals surface area (Å²) in [5, 5.41) is 15.5. The molecule has 1 saturated carbocycles. The lowest BCUT2D eigenvalue weighted by Crippen LogP contribution is -2.42. The molecule has 0 radical (unpaired) electrons. The third-order valence-corrected chi connectivity index (χ3v) is 7.61. The van der Waals surface area contributed by atoms with Gasteiger partial charge in [0.1, 0.15) is 11.4 Å². The number of piperidine rings is 1. The molecule has 10 heteroatoms. The highest BCUT2D eigenvalue weighted by Gasteiger charge is 2.32. The van der Waals surface area contributed by atoms with Crippen LogP contribution in [0.2, 0.25) is 0 Å². The van der Waals surface area contributed by atoms with E-state index in [1.807, 2.05) is 42.6 Å². The fraction of sp³-hybridized carbons (Fsp3) is 0.600. The molecule has 1 aliphatic carbocycles. The Balaban J connectivity index is 1.53. The quantitative estimate of drug-likeness (QED) is 0.435. The summed E-state index contributed by atoms with van der Waals surface area (Å²) in [5.74, 6) is 1.02. The number of fused-ring (bicyclic) bond motifs is 1. The summed E-state index contributed by atoms with van der Waals surface area (Å²) < 4.78 is 8.49. The molecule has 3 aromatic heterocycles. The van der Waals surface area contributed by atoms with Crippen molar-refractivity contribution in [3.05, 3.63) is 28.8 Å². The van der Waals surface area contributed by atoms with Crippen LogP contribution >= 0.6 is 15.9 Å². The number of carbonyl (C=O) groups is 1. The Hall–Kier alpha value is -2.62. The van der Waals surface area contributed by atoms with E-state index < -0.39 is 5.60 Å². The lowest BCUT2D eigenvalue weighted by Gasteiger charge is -2.34. The third kappa shape index (κ3) is 5.17. The van der Waals surface area contributed by atoms with E-state index in [9.17, 15) is 4.79 Å². The maximum atomic E-state index is 12.8. The zero-order valence-corrected chi connectivity index (χ0v) is 22.3. The molecule has 9 nitrogen and oxygen atoms in total. The molecule has 2 fully saturated rings. The number of halogens is 1. The Morgan fingerprint density at radius 2 is 1.97 bits per heavy atom. The van der Waals surface area contributed by atoms with E-state index in [4.69, 9.17) is 14.8 Å². The number of anilines is 1. The Labute approximate surface area is 214 Å². The average Bonchev–Trinajstić information content (AvgIpc) is 3.50. The predicted molar refractivity (Wildman–Crippen MR) is 139 cm³/mol. The number of hydrogen-bond acceptors (Lipinski definition) is 6. The van der Waals surface area contributed by atoms with Crippen molar-refractivity contribution in [3.8, 4) is 11.1 Å². The minimum atomic E-state index is -0.518. The van der Waals surface area contributed by atoms with Crippen molar-refractivity contribution in [2.24, 2.45) is 0 Å². The molecule has 5 rings (SSSR count). The molecule has 3 aromatic rings. The van der Waals surface area contributed by atoms with E-state index >= 15 is 0 Å². The molecular weight excluding hydrogens is 510 g/mol. The normalized spacial score (nSPS) is 19.8. The molecule has 0 bridgehead atoms. The number of nitrogens with one attached hydrogen (secondary N) is 2. The van der Waals surface area contributed by atoms with Gasteiger partial charge in [-0.1, -0.05) is 19.3 Å². The first kappa shape index (κ1) is 24.1. The molecule has 188 valence electrons. The van der Waals surface area contributed by atoms with Crippen LogP contribution in [0.25, 0.3) is 16.8 Å². The second-order valence-electron chi connectivity index (χ2n) is 10.7. The third-order valence-electron chi connectivity index (χ3n) is 6.83. The van der Waals surface area contributed by atoms with Crippen molar-refractivity contribution in [2.45, 2.75) is 83.3 Å². The van der Waals surface area contributed by atoms with Crippen molar-refractivity contribution >= 4 is 33.5 Å². The van der Waals surface area contributed by atoms with Gasteiger partial charge in [-0.3, -0.25) is 5.10 Å². The molecule has 1 saturated heterocycles. The van der Waals surface area contributed by atoms with E-state index in [0.29, 0.717) is 19.1 Å². The van der Waals surface area contributed by atoms with Gasteiger partial charge in [0.05, 0.1) is 22.6 Å². The van der Waals surface area contributed by atoms with Crippen molar-refractivity contribution in [1.82, 2.24) is 29.7 Å². The van der Waals surface area contributed by atoms with Gasteiger partial charge in [0.15, 0.2) is 5.65 Å². The van der Waals surface area contributed by atoms with Crippen LogP contribution in [-0.2, 0) is 4.74 Å². The number of amides is 1. The van der Waals surface area contributed by atoms with E-state index in [0.717, 1.165) is 58.4 Å². The molecule has 35 heavy (non-hydrogen) atoms. The molecule has 0 aromatic carbocycles. The second kappa shape index (κ2) is 9.79. The predicted octanol–water partition coefficient (Wildman–Crippen LogP) is 5.74. The van der Waals surface area contributed by atoms with Gasteiger partial charge in [-0.25, -0.2) is 9.78 Å². The average molecular weight is 544 g/mol. The number of carbonyl (C=O) groups excluding carboxylic acids is 1. The van der Waals surface area contributed by atoms with E-state index in [1.165, 1.54) is 19.3 Å². The van der Waals surface area contributed by atoms with Gasteiger partial charge in [-0.15, -0.1) is 0 Å². The van der Waals surface area contributed by atoms with E-state index in [-0.39, 0.29) is 12.0 Å². The number of H-pyrrole nitrogens is 1. The summed E-state index contributed by atoms with van der Waals surface area (Å²) in [4.78, 5) is 19.8. The highest BCUT2D eigenvalue weighted by molar-refractivity contribution is 9.10. The zero-order valence-electron chi connectivity index (χ0n) is 20.7.